The molecule has 0 aliphatic heterocycles. The Morgan fingerprint density at radius 2 is 1.85 bits per heavy atom. The second kappa shape index (κ2) is 8.63. The van der Waals surface area contributed by atoms with Gasteiger partial charge in [-0.1, -0.05) is 30.3 Å². The van der Waals surface area contributed by atoms with Crippen LogP contribution in [-0.2, 0) is 11.3 Å². The van der Waals surface area contributed by atoms with E-state index in [0.717, 1.165) is 33.4 Å². The normalized spacial score (nSPS) is 11.0. The Bertz CT molecular complexity index is 1470. The van der Waals surface area contributed by atoms with Crippen LogP contribution in [0.2, 0.25) is 0 Å². The number of halogens is 1. The van der Waals surface area contributed by atoms with E-state index >= 15 is 0 Å². The number of rotatable bonds is 5. The third-order valence-corrected chi connectivity index (χ3v) is 5.25. The molecule has 3 heterocycles. The average Bonchev–Trinajstić information content (AvgIpc) is 3.22. The summed E-state index contributed by atoms with van der Waals surface area (Å²) in [5.74, 6) is -0.718. The number of hydrogen-bond donors (Lipinski definition) is 1. The molecule has 162 valence electrons. The van der Waals surface area contributed by atoms with E-state index in [1.807, 2.05) is 61.7 Å². The highest BCUT2D eigenvalue weighted by Crippen LogP contribution is 2.34. The number of hydrogen-bond acceptors (Lipinski definition) is 4. The lowest BCUT2D eigenvalue weighted by Crippen LogP contribution is -2.19. The highest BCUT2D eigenvalue weighted by molar-refractivity contribution is 5.97. The zero-order chi connectivity index (χ0) is 22.8. The summed E-state index contributed by atoms with van der Waals surface area (Å²) in [6.45, 7) is 1.90. The summed E-state index contributed by atoms with van der Waals surface area (Å²) in [6, 6.07) is 21.4. The number of amides is 1. The molecule has 5 rings (SSSR count). The summed E-state index contributed by atoms with van der Waals surface area (Å²) in [7, 11) is 0. The minimum absolute atomic E-state index is 0.0294. The second-order valence-electron chi connectivity index (χ2n) is 7.69. The summed E-state index contributed by atoms with van der Waals surface area (Å²) in [4.78, 5) is 21.7. The van der Waals surface area contributed by atoms with Gasteiger partial charge in [0.1, 0.15) is 18.1 Å². The number of aromatic nitrogens is 4. The topological polar surface area (TPSA) is 72.7 Å². The molecule has 0 radical (unpaired) electrons. The lowest BCUT2D eigenvalue weighted by molar-refractivity contribution is -0.116. The molecule has 1 N–H and O–H groups in total. The minimum atomic E-state index is -0.411. The summed E-state index contributed by atoms with van der Waals surface area (Å²) >= 11 is 0. The quantitative estimate of drug-likeness (QED) is 0.408. The zero-order valence-electron chi connectivity index (χ0n) is 17.9. The van der Waals surface area contributed by atoms with E-state index in [4.69, 9.17) is 5.10 Å². The number of nitrogens with one attached hydrogen (secondary N) is 1. The van der Waals surface area contributed by atoms with Crippen molar-refractivity contribution < 1.29 is 9.18 Å². The van der Waals surface area contributed by atoms with E-state index in [9.17, 15) is 9.18 Å². The summed E-state index contributed by atoms with van der Waals surface area (Å²) in [5, 5.41) is 8.40. The van der Waals surface area contributed by atoms with Crippen molar-refractivity contribution >= 4 is 22.5 Å². The van der Waals surface area contributed by atoms with Crippen LogP contribution < -0.4 is 5.32 Å². The Labute approximate surface area is 189 Å². The fourth-order valence-electron chi connectivity index (χ4n) is 3.81. The predicted molar refractivity (Wildman–Crippen MR) is 126 cm³/mol. The van der Waals surface area contributed by atoms with Crippen molar-refractivity contribution in [1.82, 2.24) is 19.7 Å². The van der Waals surface area contributed by atoms with Crippen molar-refractivity contribution in [2.45, 2.75) is 13.5 Å². The molecule has 0 spiro atoms. The van der Waals surface area contributed by atoms with E-state index in [-0.39, 0.29) is 12.5 Å². The standard InChI is InChI=1S/C26H20FN5O/c1-17-6-4-11-24(29-17)26-22(20-12-13-28-23-10-3-2-9-21(20)23)15-32(31-26)16-25(33)30-19-8-5-7-18(27)14-19/h2-15H,16H2,1H3,(H,30,33). The van der Waals surface area contributed by atoms with E-state index in [0.29, 0.717) is 11.4 Å². The molecule has 0 aliphatic carbocycles. The van der Waals surface area contributed by atoms with Crippen molar-refractivity contribution in [3.05, 3.63) is 96.7 Å². The highest BCUT2D eigenvalue weighted by Gasteiger charge is 2.18. The number of carbonyl (C=O) groups is 1. The van der Waals surface area contributed by atoms with Crippen molar-refractivity contribution in [2.24, 2.45) is 0 Å². The first-order valence-electron chi connectivity index (χ1n) is 10.5. The van der Waals surface area contributed by atoms with Crippen LogP contribution in [0.15, 0.2) is 85.2 Å². The summed E-state index contributed by atoms with van der Waals surface area (Å²) < 4.78 is 15.0. The van der Waals surface area contributed by atoms with Gasteiger partial charge in [-0.3, -0.25) is 19.4 Å². The van der Waals surface area contributed by atoms with Gasteiger partial charge in [-0.05, 0) is 55.0 Å². The van der Waals surface area contributed by atoms with Crippen LogP contribution in [0.3, 0.4) is 0 Å². The van der Waals surface area contributed by atoms with Crippen LogP contribution >= 0.6 is 0 Å². The molecule has 33 heavy (non-hydrogen) atoms. The van der Waals surface area contributed by atoms with Gasteiger partial charge in [0.2, 0.25) is 5.91 Å². The Kier molecular flexibility index (Phi) is 5.36. The molecule has 0 fully saturated rings. The molecule has 0 saturated heterocycles. The van der Waals surface area contributed by atoms with Gasteiger partial charge in [-0.15, -0.1) is 0 Å². The highest BCUT2D eigenvalue weighted by atomic mass is 19.1. The number of nitrogens with zero attached hydrogens (tertiary/aromatic N) is 4. The monoisotopic (exact) mass is 437 g/mol. The van der Waals surface area contributed by atoms with Gasteiger partial charge in [-0.2, -0.15) is 5.10 Å². The van der Waals surface area contributed by atoms with Gasteiger partial charge in [0, 0.05) is 34.7 Å². The SMILES string of the molecule is Cc1cccc(-c2nn(CC(=O)Nc3cccc(F)c3)cc2-c2ccnc3ccccc23)n1. The molecule has 2 aromatic carbocycles. The van der Waals surface area contributed by atoms with Gasteiger partial charge in [0.05, 0.1) is 11.2 Å². The van der Waals surface area contributed by atoms with Crippen LogP contribution in [0, 0.1) is 12.7 Å². The lowest BCUT2D eigenvalue weighted by Gasteiger charge is -2.06. The molecule has 1 amide bonds. The van der Waals surface area contributed by atoms with Gasteiger partial charge >= 0.3 is 0 Å². The maximum Gasteiger partial charge on any atom is 0.246 e. The van der Waals surface area contributed by atoms with E-state index < -0.39 is 5.82 Å². The van der Waals surface area contributed by atoms with Crippen molar-refractivity contribution in [3.63, 3.8) is 0 Å². The second-order valence-corrected chi connectivity index (χ2v) is 7.69. The molecule has 6 nitrogen and oxygen atoms in total. The smallest absolute Gasteiger partial charge is 0.246 e. The lowest BCUT2D eigenvalue weighted by atomic mass is 10.0. The number of fused-ring (bicyclic) bond motifs is 1. The first kappa shape index (κ1) is 20.5. The molecule has 0 bridgehead atoms. The third kappa shape index (κ3) is 4.34. The molecular weight excluding hydrogens is 417 g/mol. The minimum Gasteiger partial charge on any atom is -0.324 e. The Hall–Kier alpha value is -4.39. The molecule has 0 atom stereocenters. The van der Waals surface area contributed by atoms with Crippen LogP contribution in [0.1, 0.15) is 5.69 Å². The number of aryl methyl sites for hydroxylation is 1. The molecule has 5 aromatic rings. The number of pyridine rings is 2. The average molecular weight is 437 g/mol. The maximum atomic E-state index is 13.5. The van der Waals surface area contributed by atoms with E-state index in [2.05, 4.69) is 15.3 Å². The number of benzene rings is 2. The molecule has 0 aliphatic rings. The number of carbonyl (C=O) groups excluding carboxylic acids is 1. The van der Waals surface area contributed by atoms with Crippen LogP contribution in [0.25, 0.3) is 33.4 Å². The first-order valence-corrected chi connectivity index (χ1v) is 10.5. The van der Waals surface area contributed by atoms with Crippen LogP contribution in [0.5, 0.6) is 0 Å². The van der Waals surface area contributed by atoms with Crippen LogP contribution in [0.4, 0.5) is 10.1 Å². The molecule has 3 aromatic heterocycles. The predicted octanol–water partition coefficient (Wildman–Crippen LogP) is 5.25. The van der Waals surface area contributed by atoms with Gasteiger partial charge in [0.25, 0.3) is 0 Å². The Balaban J connectivity index is 1.56. The zero-order valence-corrected chi connectivity index (χ0v) is 17.9. The molecule has 0 unspecified atom stereocenters. The summed E-state index contributed by atoms with van der Waals surface area (Å²) in [6.07, 6.45) is 3.60. The largest absolute Gasteiger partial charge is 0.324 e. The molecular formula is C26H20FN5O. The number of anilines is 1. The van der Waals surface area contributed by atoms with E-state index in [1.54, 1.807) is 23.0 Å². The Morgan fingerprint density at radius 1 is 1.00 bits per heavy atom. The Morgan fingerprint density at radius 3 is 2.70 bits per heavy atom. The summed E-state index contributed by atoms with van der Waals surface area (Å²) in [5.41, 5.74) is 5.34. The van der Waals surface area contributed by atoms with Gasteiger partial charge in [0.15, 0.2) is 0 Å². The number of para-hydroxylation sites is 1. The molecule has 7 heteroatoms. The third-order valence-electron chi connectivity index (χ3n) is 5.25. The maximum absolute atomic E-state index is 13.5. The van der Waals surface area contributed by atoms with Crippen LogP contribution in [-0.4, -0.2) is 25.7 Å². The van der Waals surface area contributed by atoms with Crippen molar-refractivity contribution in [2.75, 3.05) is 5.32 Å². The first-order chi connectivity index (χ1) is 16.1. The van der Waals surface area contributed by atoms with Crippen molar-refractivity contribution in [1.29, 1.82) is 0 Å². The van der Waals surface area contributed by atoms with E-state index in [1.165, 1.54) is 12.1 Å². The van der Waals surface area contributed by atoms with Gasteiger partial charge < -0.3 is 5.32 Å². The fourth-order valence-corrected chi connectivity index (χ4v) is 3.81. The fraction of sp³-hybridized carbons (Fsp3) is 0.0769. The van der Waals surface area contributed by atoms with Crippen molar-refractivity contribution in [3.8, 4) is 22.5 Å². The molecule has 0 saturated carbocycles. The van der Waals surface area contributed by atoms with Gasteiger partial charge in [-0.25, -0.2) is 4.39 Å².